The smallest absolute Gasteiger partial charge is 0.275 e. The van der Waals surface area contributed by atoms with Gasteiger partial charge in [-0.05, 0) is 5.56 Å². The highest BCUT2D eigenvalue weighted by Crippen LogP contribution is 2.28. The number of anilines is 2. The van der Waals surface area contributed by atoms with Crippen LogP contribution in [0, 0.1) is 0 Å². The first kappa shape index (κ1) is 13.2. The fourth-order valence-electron chi connectivity index (χ4n) is 1.82. The van der Waals surface area contributed by atoms with Crippen LogP contribution in [0.25, 0.3) is 10.4 Å². The summed E-state index contributed by atoms with van der Waals surface area (Å²) in [6, 6.07) is 9.63. The van der Waals surface area contributed by atoms with Crippen molar-refractivity contribution in [3.63, 3.8) is 0 Å². The molecule has 3 N–H and O–H groups in total. The van der Waals surface area contributed by atoms with Crippen molar-refractivity contribution < 1.29 is 4.79 Å². The van der Waals surface area contributed by atoms with Gasteiger partial charge in [-0.3, -0.25) is 4.79 Å². The minimum Gasteiger partial charge on any atom is -0.382 e. The fraction of sp³-hybridized carbons (Fsp3) is 0. The summed E-state index contributed by atoms with van der Waals surface area (Å²) in [5.74, 6) is -0.119. The van der Waals surface area contributed by atoms with E-state index in [1.165, 1.54) is 23.9 Å². The van der Waals surface area contributed by atoms with Gasteiger partial charge in [-0.1, -0.05) is 30.3 Å². The molecule has 7 heteroatoms. The van der Waals surface area contributed by atoms with Crippen LogP contribution < -0.4 is 11.1 Å². The molecule has 0 saturated heterocycles. The summed E-state index contributed by atoms with van der Waals surface area (Å²) in [7, 11) is 0. The molecule has 104 valence electrons. The van der Waals surface area contributed by atoms with Crippen LogP contribution in [-0.2, 0) is 0 Å². The number of rotatable bonds is 3. The number of nitrogens with one attached hydrogen (secondary N) is 1. The highest BCUT2D eigenvalue weighted by Gasteiger charge is 2.17. The highest BCUT2D eigenvalue weighted by molar-refractivity contribution is 7.13. The van der Waals surface area contributed by atoms with Gasteiger partial charge in [-0.15, -0.1) is 11.3 Å². The van der Waals surface area contributed by atoms with Gasteiger partial charge in [0.05, 0.1) is 16.6 Å². The van der Waals surface area contributed by atoms with E-state index in [0.29, 0.717) is 11.4 Å². The predicted octanol–water partition coefficient (Wildman–Crippen LogP) is 2.43. The van der Waals surface area contributed by atoms with Crippen LogP contribution in [0.15, 0.2) is 48.4 Å². The van der Waals surface area contributed by atoms with E-state index < -0.39 is 0 Å². The predicted molar refractivity (Wildman–Crippen MR) is 81.9 cm³/mol. The third kappa shape index (κ3) is 2.72. The first-order valence-electron chi connectivity index (χ1n) is 6.11. The minimum absolute atomic E-state index is 0.217. The van der Waals surface area contributed by atoms with Gasteiger partial charge in [0.15, 0.2) is 5.82 Å². The largest absolute Gasteiger partial charge is 0.382 e. The van der Waals surface area contributed by atoms with Crippen LogP contribution in [0.2, 0.25) is 0 Å². The minimum atomic E-state index is -0.336. The lowest BCUT2D eigenvalue weighted by atomic mass is 10.1. The monoisotopic (exact) mass is 297 g/mol. The molecule has 21 heavy (non-hydrogen) atoms. The third-order valence-corrected chi connectivity index (χ3v) is 3.69. The average molecular weight is 297 g/mol. The highest BCUT2D eigenvalue weighted by atomic mass is 32.1. The van der Waals surface area contributed by atoms with Crippen LogP contribution in [0.5, 0.6) is 0 Å². The Morgan fingerprint density at radius 1 is 1.19 bits per heavy atom. The van der Waals surface area contributed by atoms with E-state index in [-0.39, 0.29) is 11.7 Å². The Kier molecular flexibility index (Phi) is 3.57. The Labute approximate surface area is 124 Å². The van der Waals surface area contributed by atoms with Gasteiger partial charge >= 0.3 is 0 Å². The van der Waals surface area contributed by atoms with Crippen LogP contribution in [0.3, 0.4) is 0 Å². The van der Waals surface area contributed by atoms with Crippen molar-refractivity contribution in [3.05, 3.63) is 54.1 Å². The maximum absolute atomic E-state index is 12.3. The summed E-state index contributed by atoms with van der Waals surface area (Å²) >= 11 is 1.41. The van der Waals surface area contributed by atoms with E-state index in [4.69, 9.17) is 5.73 Å². The number of hydrogen-bond acceptors (Lipinski definition) is 6. The van der Waals surface area contributed by atoms with E-state index >= 15 is 0 Å². The molecular weight excluding hydrogens is 286 g/mol. The van der Waals surface area contributed by atoms with E-state index in [9.17, 15) is 4.79 Å². The first-order chi connectivity index (χ1) is 10.3. The van der Waals surface area contributed by atoms with Gasteiger partial charge in [0, 0.05) is 0 Å². The van der Waals surface area contributed by atoms with Crippen molar-refractivity contribution in [2.24, 2.45) is 0 Å². The molecule has 1 aromatic carbocycles. The van der Waals surface area contributed by atoms with E-state index in [1.807, 2.05) is 30.3 Å². The maximum Gasteiger partial charge on any atom is 0.275 e. The van der Waals surface area contributed by atoms with Crippen LogP contribution in [-0.4, -0.2) is 20.9 Å². The number of nitrogens with two attached hydrogens (primary N) is 1. The molecule has 2 aromatic heterocycles. The van der Waals surface area contributed by atoms with Crippen molar-refractivity contribution in [3.8, 4) is 10.4 Å². The zero-order valence-corrected chi connectivity index (χ0v) is 11.7. The van der Waals surface area contributed by atoms with Crippen molar-refractivity contribution in [1.82, 2.24) is 15.0 Å². The Bertz CT molecular complexity index is 772. The second kappa shape index (κ2) is 5.68. The number of benzene rings is 1. The van der Waals surface area contributed by atoms with Crippen molar-refractivity contribution in [2.45, 2.75) is 0 Å². The van der Waals surface area contributed by atoms with Gasteiger partial charge in [-0.25, -0.2) is 15.0 Å². The number of carbonyl (C=O) groups is 1. The van der Waals surface area contributed by atoms with Gasteiger partial charge in [-0.2, -0.15) is 0 Å². The number of nitrogen functional groups attached to an aromatic ring is 1. The van der Waals surface area contributed by atoms with Crippen LogP contribution in [0.1, 0.15) is 10.5 Å². The standard InChI is InChI=1S/C14H11N5OS/c15-13-10(6-16-7-17-13)19-14(20)11-12(21-8-18-11)9-4-2-1-3-5-9/h1-8H,(H,19,20)(H2,15,16,17). The average Bonchev–Trinajstić information content (AvgIpc) is 3.00. The topological polar surface area (TPSA) is 93.8 Å². The summed E-state index contributed by atoms with van der Waals surface area (Å²) in [6.45, 7) is 0. The Hall–Kier alpha value is -2.80. The summed E-state index contributed by atoms with van der Waals surface area (Å²) in [5.41, 5.74) is 9.00. The molecule has 2 heterocycles. The number of thiazole rings is 1. The summed E-state index contributed by atoms with van der Waals surface area (Å²) in [6.07, 6.45) is 2.78. The van der Waals surface area contributed by atoms with Crippen LogP contribution >= 0.6 is 11.3 Å². The molecule has 0 aliphatic carbocycles. The second-order valence-electron chi connectivity index (χ2n) is 4.17. The normalized spacial score (nSPS) is 10.3. The van der Waals surface area contributed by atoms with Crippen molar-refractivity contribution in [2.75, 3.05) is 11.1 Å². The molecule has 0 unspecified atom stereocenters. The van der Waals surface area contributed by atoms with Gasteiger partial charge in [0.2, 0.25) is 0 Å². The summed E-state index contributed by atoms with van der Waals surface area (Å²) in [4.78, 5) is 25.0. The molecule has 0 spiro atoms. The van der Waals surface area contributed by atoms with Gasteiger partial charge in [0.1, 0.15) is 17.7 Å². The molecule has 0 aliphatic rings. The second-order valence-corrected chi connectivity index (χ2v) is 5.03. The lowest BCUT2D eigenvalue weighted by Crippen LogP contribution is -2.15. The molecule has 0 bridgehead atoms. The van der Waals surface area contributed by atoms with E-state index in [1.54, 1.807) is 5.51 Å². The Balaban J connectivity index is 1.90. The lowest BCUT2D eigenvalue weighted by molar-refractivity contribution is 0.102. The number of aromatic nitrogens is 3. The number of amides is 1. The van der Waals surface area contributed by atoms with Crippen molar-refractivity contribution in [1.29, 1.82) is 0 Å². The zero-order chi connectivity index (χ0) is 14.7. The molecule has 0 radical (unpaired) electrons. The molecular formula is C14H11N5OS. The number of carbonyl (C=O) groups excluding carboxylic acids is 1. The maximum atomic E-state index is 12.3. The zero-order valence-electron chi connectivity index (χ0n) is 10.9. The van der Waals surface area contributed by atoms with E-state index in [0.717, 1.165) is 10.4 Å². The Morgan fingerprint density at radius 3 is 2.76 bits per heavy atom. The lowest BCUT2D eigenvalue weighted by Gasteiger charge is -2.06. The molecule has 3 rings (SSSR count). The summed E-state index contributed by atoms with van der Waals surface area (Å²) < 4.78 is 0. The number of nitrogens with zero attached hydrogens (tertiary/aromatic N) is 3. The number of hydrogen-bond donors (Lipinski definition) is 2. The molecule has 6 nitrogen and oxygen atoms in total. The Morgan fingerprint density at radius 2 is 2.00 bits per heavy atom. The molecule has 0 atom stereocenters. The molecule has 0 fully saturated rings. The molecule has 0 saturated carbocycles. The van der Waals surface area contributed by atoms with Gasteiger partial charge < -0.3 is 11.1 Å². The van der Waals surface area contributed by atoms with Gasteiger partial charge in [0.25, 0.3) is 5.91 Å². The molecule has 1 amide bonds. The third-order valence-electron chi connectivity index (χ3n) is 2.81. The SMILES string of the molecule is Nc1ncncc1NC(=O)c1ncsc1-c1ccccc1. The van der Waals surface area contributed by atoms with Crippen LogP contribution in [0.4, 0.5) is 11.5 Å². The fourth-order valence-corrected chi connectivity index (χ4v) is 2.61. The summed E-state index contributed by atoms with van der Waals surface area (Å²) in [5, 5.41) is 2.68. The molecule has 0 aliphatic heterocycles. The van der Waals surface area contributed by atoms with E-state index in [2.05, 4.69) is 20.3 Å². The molecule has 3 aromatic rings. The van der Waals surface area contributed by atoms with Crippen molar-refractivity contribution >= 4 is 28.7 Å². The first-order valence-corrected chi connectivity index (χ1v) is 6.99. The quantitative estimate of drug-likeness (QED) is 0.774.